The van der Waals surface area contributed by atoms with Gasteiger partial charge in [0.05, 0.1) is 17.6 Å². The highest BCUT2D eigenvalue weighted by Gasteiger charge is 2.22. The molecule has 1 aliphatic carbocycles. The van der Waals surface area contributed by atoms with Crippen LogP contribution in [0.3, 0.4) is 0 Å². The minimum Gasteiger partial charge on any atom is -0.462 e. The molecule has 26 heavy (non-hydrogen) atoms. The molecule has 7 nitrogen and oxygen atoms in total. The summed E-state index contributed by atoms with van der Waals surface area (Å²) in [5, 5.41) is 16.1. The summed E-state index contributed by atoms with van der Waals surface area (Å²) in [4.78, 5) is 21.5. The number of fused-ring (bicyclic) bond motifs is 1. The van der Waals surface area contributed by atoms with E-state index in [2.05, 4.69) is 25.5 Å². The fraction of sp³-hybridized carbons (Fsp3) is 0.471. The van der Waals surface area contributed by atoms with Gasteiger partial charge in [-0.05, 0) is 19.8 Å². The Labute approximate surface area is 158 Å². The molecule has 0 aliphatic heterocycles. The summed E-state index contributed by atoms with van der Waals surface area (Å²) in [6.45, 7) is 2.12. The van der Waals surface area contributed by atoms with Gasteiger partial charge in [-0.3, -0.25) is 0 Å². The first-order valence-electron chi connectivity index (χ1n) is 8.76. The van der Waals surface area contributed by atoms with Crippen molar-refractivity contribution in [1.29, 1.82) is 0 Å². The second-order valence-corrected chi connectivity index (χ2v) is 8.04. The normalized spacial score (nSPS) is 15.3. The van der Waals surface area contributed by atoms with Crippen LogP contribution in [-0.4, -0.2) is 32.7 Å². The number of anilines is 2. The van der Waals surface area contributed by atoms with E-state index in [4.69, 9.17) is 4.74 Å². The predicted octanol–water partition coefficient (Wildman–Crippen LogP) is 4.51. The highest BCUT2D eigenvalue weighted by molar-refractivity contribution is 7.17. The average molecular weight is 390 g/mol. The van der Waals surface area contributed by atoms with Crippen molar-refractivity contribution in [2.75, 3.05) is 11.9 Å². The number of nitrogens with zero attached hydrogens (tertiary/aromatic N) is 4. The molecule has 1 fully saturated rings. The molecular formula is C17H19N5O2S2. The first kappa shape index (κ1) is 17.3. The molecule has 3 aromatic rings. The molecule has 0 atom stereocenters. The van der Waals surface area contributed by atoms with Crippen LogP contribution in [0.25, 0.3) is 10.2 Å². The molecule has 0 aromatic carbocycles. The van der Waals surface area contributed by atoms with Crippen LogP contribution in [0, 0.1) is 0 Å². The average Bonchev–Trinajstić information content (AvgIpc) is 3.30. The fourth-order valence-electron chi connectivity index (χ4n) is 3.23. The van der Waals surface area contributed by atoms with Crippen molar-refractivity contribution in [3.63, 3.8) is 0 Å². The minimum atomic E-state index is -0.364. The third-order valence-electron chi connectivity index (χ3n) is 4.49. The number of rotatable bonds is 5. The standard InChI is InChI=1S/C17H19N5O2S2/c1-2-24-16(23)11-8-25-15-12(11)13(18-9-19-15)20-17-22-21-14(26-17)10-6-4-3-5-7-10/h8-10H,2-7H2,1H3,(H,18,19,20,22). The van der Waals surface area contributed by atoms with Gasteiger partial charge in [-0.15, -0.1) is 21.5 Å². The van der Waals surface area contributed by atoms with Crippen LogP contribution in [0.4, 0.5) is 10.9 Å². The van der Waals surface area contributed by atoms with Crippen LogP contribution in [-0.2, 0) is 4.74 Å². The molecule has 1 aliphatic rings. The second-order valence-electron chi connectivity index (χ2n) is 6.18. The van der Waals surface area contributed by atoms with Crippen molar-refractivity contribution >= 4 is 49.8 Å². The molecule has 1 N–H and O–H groups in total. The molecular weight excluding hydrogens is 370 g/mol. The molecule has 3 aromatic heterocycles. The zero-order valence-electron chi connectivity index (χ0n) is 14.4. The van der Waals surface area contributed by atoms with Crippen LogP contribution < -0.4 is 5.32 Å². The summed E-state index contributed by atoms with van der Waals surface area (Å²) in [6, 6.07) is 0. The monoisotopic (exact) mass is 389 g/mol. The van der Waals surface area contributed by atoms with Crippen LogP contribution in [0.15, 0.2) is 11.7 Å². The fourth-order valence-corrected chi connectivity index (χ4v) is 5.02. The van der Waals surface area contributed by atoms with E-state index in [0.29, 0.717) is 34.4 Å². The number of aromatic nitrogens is 4. The Morgan fingerprint density at radius 1 is 1.27 bits per heavy atom. The lowest BCUT2D eigenvalue weighted by molar-refractivity contribution is 0.0529. The number of carbonyl (C=O) groups excluding carboxylic acids is 1. The lowest BCUT2D eigenvalue weighted by atomic mass is 9.90. The number of ether oxygens (including phenoxy) is 1. The van der Waals surface area contributed by atoms with Gasteiger partial charge in [0, 0.05) is 11.3 Å². The third-order valence-corrected chi connectivity index (χ3v) is 6.37. The first-order chi connectivity index (χ1) is 12.8. The topological polar surface area (TPSA) is 89.9 Å². The molecule has 0 saturated heterocycles. The SMILES string of the molecule is CCOC(=O)c1csc2ncnc(Nc3nnc(C4CCCCC4)s3)c12. The van der Waals surface area contributed by atoms with Gasteiger partial charge in [0.25, 0.3) is 0 Å². The van der Waals surface area contributed by atoms with E-state index >= 15 is 0 Å². The van der Waals surface area contributed by atoms with Crippen molar-refractivity contribution in [3.8, 4) is 0 Å². The van der Waals surface area contributed by atoms with E-state index < -0.39 is 0 Å². The Balaban J connectivity index is 1.62. The minimum absolute atomic E-state index is 0.327. The van der Waals surface area contributed by atoms with Gasteiger partial charge < -0.3 is 10.1 Å². The zero-order valence-corrected chi connectivity index (χ0v) is 16.0. The highest BCUT2D eigenvalue weighted by atomic mass is 32.1. The van der Waals surface area contributed by atoms with Gasteiger partial charge in [0.1, 0.15) is 22.0 Å². The first-order valence-corrected chi connectivity index (χ1v) is 10.5. The Morgan fingerprint density at radius 2 is 2.12 bits per heavy atom. The third kappa shape index (κ3) is 3.41. The maximum Gasteiger partial charge on any atom is 0.339 e. The summed E-state index contributed by atoms with van der Waals surface area (Å²) in [5.74, 6) is 0.709. The number of nitrogens with one attached hydrogen (secondary N) is 1. The summed E-state index contributed by atoms with van der Waals surface area (Å²) >= 11 is 2.96. The Kier molecular flexibility index (Phi) is 5.07. The molecule has 0 unspecified atom stereocenters. The van der Waals surface area contributed by atoms with E-state index in [1.807, 2.05) is 0 Å². The van der Waals surface area contributed by atoms with Crippen LogP contribution in [0.2, 0.25) is 0 Å². The Hall–Kier alpha value is -2.13. The van der Waals surface area contributed by atoms with Crippen LogP contribution >= 0.6 is 22.7 Å². The molecule has 0 amide bonds. The van der Waals surface area contributed by atoms with Crippen molar-refractivity contribution in [2.45, 2.75) is 44.9 Å². The Morgan fingerprint density at radius 3 is 2.92 bits per heavy atom. The number of thiophene rings is 1. The maximum atomic E-state index is 12.2. The number of esters is 1. The van der Waals surface area contributed by atoms with Gasteiger partial charge in [0.2, 0.25) is 5.13 Å². The van der Waals surface area contributed by atoms with E-state index in [0.717, 1.165) is 9.84 Å². The van der Waals surface area contributed by atoms with Crippen LogP contribution in [0.5, 0.6) is 0 Å². The predicted molar refractivity (Wildman–Crippen MR) is 102 cm³/mol. The summed E-state index contributed by atoms with van der Waals surface area (Å²) < 4.78 is 5.14. The van der Waals surface area contributed by atoms with E-state index in [-0.39, 0.29) is 5.97 Å². The van der Waals surface area contributed by atoms with E-state index in [9.17, 15) is 4.79 Å². The van der Waals surface area contributed by atoms with Gasteiger partial charge in [0.15, 0.2) is 0 Å². The molecule has 1 saturated carbocycles. The molecule has 136 valence electrons. The summed E-state index contributed by atoms with van der Waals surface area (Å²) in [6.07, 6.45) is 7.69. The largest absolute Gasteiger partial charge is 0.462 e. The van der Waals surface area contributed by atoms with Crippen molar-refractivity contribution in [3.05, 3.63) is 22.3 Å². The lowest BCUT2D eigenvalue weighted by Crippen LogP contribution is -2.05. The summed E-state index contributed by atoms with van der Waals surface area (Å²) in [5.41, 5.74) is 0.479. The van der Waals surface area contributed by atoms with Gasteiger partial charge in [-0.25, -0.2) is 14.8 Å². The van der Waals surface area contributed by atoms with Crippen molar-refractivity contribution in [2.24, 2.45) is 0 Å². The molecule has 0 spiro atoms. The molecule has 9 heteroatoms. The smallest absolute Gasteiger partial charge is 0.339 e. The quantitative estimate of drug-likeness (QED) is 0.642. The van der Waals surface area contributed by atoms with E-state index in [1.54, 1.807) is 23.6 Å². The number of carbonyl (C=O) groups is 1. The zero-order chi connectivity index (χ0) is 17.9. The molecule has 3 heterocycles. The van der Waals surface area contributed by atoms with Gasteiger partial charge in [-0.1, -0.05) is 30.6 Å². The maximum absolute atomic E-state index is 12.2. The van der Waals surface area contributed by atoms with Crippen molar-refractivity contribution < 1.29 is 9.53 Å². The van der Waals surface area contributed by atoms with Gasteiger partial charge >= 0.3 is 5.97 Å². The molecule has 0 bridgehead atoms. The second kappa shape index (κ2) is 7.63. The Bertz CT molecular complexity index is 917. The van der Waals surface area contributed by atoms with E-state index in [1.165, 1.54) is 49.8 Å². The number of hydrogen-bond acceptors (Lipinski definition) is 9. The summed E-state index contributed by atoms with van der Waals surface area (Å²) in [7, 11) is 0. The molecule has 0 radical (unpaired) electrons. The lowest BCUT2D eigenvalue weighted by Gasteiger charge is -2.18. The number of hydrogen-bond donors (Lipinski definition) is 1. The van der Waals surface area contributed by atoms with Crippen molar-refractivity contribution in [1.82, 2.24) is 20.2 Å². The van der Waals surface area contributed by atoms with Gasteiger partial charge in [-0.2, -0.15) is 0 Å². The highest BCUT2D eigenvalue weighted by Crippen LogP contribution is 2.37. The van der Waals surface area contributed by atoms with Crippen LogP contribution in [0.1, 0.15) is 60.3 Å². The molecule has 4 rings (SSSR count).